The average Bonchev–Trinajstić information content (AvgIpc) is 3.03. The SMILES string of the molecule is C=C(CN(Cc1ccc(Cl)cc1)Sc1c(F)c(F)c(F)c(F)c1F)N(Cc1cc(C)cc(C(C)(C)C)c1)C(/C=C/C)=C/C=C(C)C.CC. The minimum Gasteiger partial charge on any atom is -0.340 e. The highest BCUT2D eigenvalue weighted by Crippen LogP contribution is 2.35. The Morgan fingerprint density at radius 2 is 1.40 bits per heavy atom. The Kier molecular flexibility index (Phi) is 15.7. The van der Waals surface area contributed by atoms with Crippen LogP contribution < -0.4 is 0 Å². The van der Waals surface area contributed by atoms with Crippen LogP contribution in [0.2, 0.25) is 5.02 Å². The first kappa shape index (κ1) is 40.8. The van der Waals surface area contributed by atoms with Gasteiger partial charge in [0.25, 0.3) is 0 Å². The molecule has 9 heteroatoms. The molecule has 0 aliphatic heterocycles. The molecule has 0 radical (unpaired) electrons. The van der Waals surface area contributed by atoms with Gasteiger partial charge in [0.1, 0.15) is 4.90 Å². The highest BCUT2D eigenvalue weighted by molar-refractivity contribution is 7.97. The van der Waals surface area contributed by atoms with Crippen LogP contribution in [0.25, 0.3) is 0 Å². The molecule has 0 amide bonds. The number of hydrogen-bond donors (Lipinski definition) is 0. The number of allylic oxidation sites excluding steroid dienone is 5. The van der Waals surface area contributed by atoms with E-state index in [9.17, 15) is 22.0 Å². The lowest BCUT2D eigenvalue weighted by Gasteiger charge is -2.32. The standard InChI is InChI=1S/C37H40ClF5N2S.C2H6/c1-9-10-30(16-11-23(2)3)45(22-27-17-24(4)18-28(19-27)37(6,7)8)25(5)20-44(21-26-12-14-29(38)15-13-26)46-36-34(42)32(40)31(39)33(41)35(36)43;1-2/h9-19H,5,20-22H2,1-4,6-8H3;1-2H3/b10-9+,30-16+;. The Morgan fingerprint density at radius 3 is 1.92 bits per heavy atom. The molecule has 260 valence electrons. The van der Waals surface area contributed by atoms with Crippen molar-refractivity contribution in [2.75, 3.05) is 6.54 Å². The Bertz CT molecular complexity index is 1620. The summed E-state index contributed by atoms with van der Waals surface area (Å²) >= 11 is 6.51. The molecular weight excluding hydrogens is 659 g/mol. The van der Waals surface area contributed by atoms with E-state index in [1.807, 2.05) is 70.7 Å². The van der Waals surface area contributed by atoms with Crippen molar-refractivity contribution in [2.45, 2.75) is 85.7 Å². The number of rotatable bonds is 12. The molecule has 0 fully saturated rings. The third-order valence-electron chi connectivity index (χ3n) is 6.98. The number of nitrogens with zero attached hydrogens (tertiary/aromatic N) is 2. The quantitative estimate of drug-likeness (QED) is 0.0609. The molecule has 0 saturated heterocycles. The molecule has 0 spiro atoms. The molecule has 0 aliphatic carbocycles. The van der Waals surface area contributed by atoms with Gasteiger partial charge in [0, 0.05) is 36.1 Å². The smallest absolute Gasteiger partial charge is 0.200 e. The topological polar surface area (TPSA) is 6.48 Å². The lowest BCUT2D eigenvalue weighted by molar-refractivity contribution is 0.355. The summed E-state index contributed by atoms with van der Waals surface area (Å²) in [6.45, 7) is 23.2. The van der Waals surface area contributed by atoms with E-state index in [0.717, 1.165) is 22.4 Å². The largest absolute Gasteiger partial charge is 0.340 e. The molecule has 2 nitrogen and oxygen atoms in total. The summed E-state index contributed by atoms with van der Waals surface area (Å²) < 4.78 is 73.5. The molecular formula is C39H46ClF5N2S. The van der Waals surface area contributed by atoms with Gasteiger partial charge in [-0.25, -0.2) is 26.3 Å². The first-order chi connectivity index (χ1) is 22.5. The predicted octanol–water partition coefficient (Wildman–Crippen LogP) is 12.6. The van der Waals surface area contributed by atoms with E-state index in [2.05, 4.69) is 45.5 Å². The van der Waals surface area contributed by atoms with E-state index in [1.165, 1.54) is 9.87 Å². The summed E-state index contributed by atoms with van der Waals surface area (Å²) in [4.78, 5) is 1.00. The van der Waals surface area contributed by atoms with Crippen molar-refractivity contribution in [3.05, 3.63) is 147 Å². The van der Waals surface area contributed by atoms with Gasteiger partial charge in [-0.3, -0.25) is 0 Å². The monoisotopic (exact) mass is 704 g/mol. The zero-order valence-corrected chi connectivity index (χ0v) is 30.8. The van der Waals surface area contributed by atoms with E-state index in [0.29, 0.717) is 34.8 Å². The second kappa shape index (κ2) is 18.4. The summed E-state index contributed by atoms with van der Waals surface area (Å²) in [5.41, 5.74) is 6.32. The fraction of sp³-hybridized carbons (Fsp3) is 0.333. The number of benzene rings is 3. The number of aryl methyl sites for hydroxylation is 1. The second-order valence-electron chi connectivity index (χ2n) is 12.4. The lowest BCUT2D eigenvalue weighted by atomic mass is 9.85. The first-order valence-electron chi connectivity index (χ1n) is 15.7. The molecule has 0 atom stereocenters. The van der Waals surface area contributed by atoms with Gasteiger partial charge in [-0.15, -0.1) is 0 Å². The van der Waals surface area contributed by atoms with Gasteiger partial charge in [0.2, 0.25) is 5.82 Å². The Labute approximate surface area is 292 Å². The van der Waals surface area contributed by atoms with Crippen LogP contribution in [0.15, 0.2) is 95.2 Å². The van der Waals surface area contributed by atoms with E-state index >= 15 is 0 Å². The summed E-state index contributed by atoms with van der Waals surface area (Å²) in [5, 5.41) is 0.492. The van der Waals surface area contributed by atoms with Gasteiger partial charge >= 0.3 is 0 Å². The molecule has 48 heavy (non-hydrogen) atoms. The van der Waals surface area contributed by atoms with Gasteiger partial charge in [-0.05, 0) is 86.0 Å². The molecule has 0 bridgehead atoms. The van der Waals surface area contributed by atoms with Gasteiger partial charge in [-0.1, -0.05) is 106 Å². The van der Waals surface area contributed by atoms with Crippen LogP contribution in [0.3, 0.4) is 0 Å². The molecule has 0 aromatic heterocycles. The van der Waals surface area contributed by atoms with Crippen molar-refractivity contribution in [3.8, 4) is 0 Å². The fourth-order valence-corrected chi connectivity index (χ4v) is 5.76. The van der Waals surface area contributed by atoms with E-state index in [1.54, 1.807) is 24.3 Å². The van der Waals surface area contributed by atoms with Gasteiger partial charge in [0.05, 0.1) is 0 Å². The molecule has 0 N–H and O–H groups in total. The van der Waals surface area contributed by atoms with E-state index < -0.39 is 34.0 Å². The summed E-state index contributed by atoms with van der Waals surface area (Å²) in [7, 11) is 0. The molecule has 0 aliphatic rings. The summed E-state index contributed by atoms with van der Waals surface area (Å²) in [5.74, 6) is -9.98. The third kappa shape index (κ3) is 11.4. The van der Waals surface area contributed by atoms with Gasteiger partial charge in [0.15, 0.2) is 23.3 Å². The van der Waals surface area contributed by atoms with Crippen molar-refractivity contribution < 1.29 is 22.0 Å². The molecule has 3 rings (SSSR count). The maximum atomic E-state index is 14.9. The molecule has 0 heterocycles. The number of halogens is 6. The van der Waals surface area contributed by atoms with Gasteiger partial charge < -0.3 is 4.90 Å². The summed E-state index contributed by atoms with van der Waals surface area (Å²) in [6.07, 6.45) is 7.77. The average molecular weight is 705 g/mol. The zero-order valence-electron chi connectivity index (χ0n) is 29.2. The third-order valence-corrected chi connectivity index (χ3v) is 8.29. The van der Waals surface area contributed by atoms with Crippen LogP contribution in [0.5, 0.6) is 0 Å². The highest BCUT2D eigenvalue weighted by Gasteiger charge is 2.28. The first-order valence-corrected chi connectivity index (χ1v) is 16.9. The molecule has 3 aromatic rings. The van der Waals surface area contributed by atoms with E-state index in [-0.39, 0.29) is 18.5 Å². The molecule has 0 unspecified atom stereocenters. The lowest BCUT2D eigenvalue weighted by Crippen LogP contribution is -2.29. The number of hydrogen-bond acceptors (Lipinski definition) is 3. The summed E-state index contributed by atoms with van der Waals surface area (Å²) in [6, 6.07) is 13.2. The van der Waals surface area contributed by atoms with Crippen molar-refractivity contribution in [2.24, 2.45) is 0 Å². The van der Waals surface area contributed by atoms with Crippen LogP contribution in [-0.4, -0.2) is 15.7 Å². The normalized spacial score (nSPS) is 11.9. The van der Waals surface area contributed by atoms with Gasteiger partial charge in [-0.2, -0.15) is 0 Å². The fourth-order valence-electron chi connectivity index (χ4n) is 4.61. The van der Waals surface area contributed by atoms with Crippen molar-refractivity contribution in [1.29, 1.82) is 0 Å². The highest BCUT2D eigenvalue weighted by atomic mass is 35.5. The minimum atomic E-state index is -2.20. The zero-order chi connectivity index (χ0) is 36.3. The molecule has 3 aromatic carbocycles. The Balaban J connectivity index is 0.00000392. The predicted molar refractivity (Wildman–Crippen MR) is 192 cm³/mol. The van der Waals surface area contributed by atoms with Crippen molar-refractivity contribution >= 4 is 23.5 Å². The van der Waals surface area contributed by atoms with Crippen LogP contribution in [0.4, 0.5) is 22.0 Å². The van der Waals surface area contributed by atoms with Crippen LogP contribution in [0.1, 0.15) is 77.6 Å². The maximum Gasteiger partial charge on any atom is 0.200 e. The second-order valence-corrected chi connectivity index (χ2v) is 13.9. The van der Waals surface area contributed by atoms with Crippen molar-refractivity contribution in [1.82, 2.24) is 9.21 Å². The van der Waals surface area contributed by atoms with Crippen LogP contribution in [0, 0.1) is 36.0 Å². The Morgan fingerprint density at radius 1 is 0.833 bits per heavy atom. The maximum absolute atomic E-state index is 14.9. The minimum absolute atomic E-state index is 0.00838. The van der Waals surface area contributed by atoms with Crippen LogP contribution in [-0.2, 0) is 18.5 Å². The Hall–Kier alpha value is -3.33. The van der Waals surface area contributed by atoms with Crippen molar-refractivity contribution in [3.63, 3.8) is 0 Å². The molecule has 0 saturated carbocycles. The van der Waals surface area contributed by atoms with Crippen LogP contribution >= 0.6 is 23.5 Å². The van der Waals surface area contributed by atoms with E-state index in [4.69, 9.17) is 11.6 Å².